The minimum atomic E-state index is -0.568. The number of nitrogens with zero attached hydrogens (tertiary/aromatic N) is 1. The summed E-state index contributed by atoms with van der Waals surface area (Å²) in [5.74, 6) is -0.326. The van der Waals surface area contributed by atoms with E-state index < -0.39 is 11.8 Å². The minimum absolute atomic E-state index is 0.354. The van der Waals surface area contributed by atoms with Gasteiger partial charge in [0.15, 0.2) is 0 Å². The lowest BCUT2D eigenvalue weighted by Crippen LogP contribution is -2.47. The molecule has 6 heteroatoms. The molecule has 1 unspecified atom stereocenters. The van der Waals surface area contributed by atoms with E-state index in [1.807, 2.05) is 24.3 Å². The lowest BCUT2D eigenvalue weighted by molar-refractivity contribution is -0.147. The first-order valence-electron chi connectivity index (χ1n) is 9.87. The maximum atomic E-state index is 12.9. The zero-order valence-corrected chi connectivity index (χ0v) is 16.9. The third kappa shape index (κ3) is 3.35. The Morgan fingerprint density at radius 3 is 2.66 bits per heavy atom. The number of carbonyl (C=O) groups is 2. The molecular weight excluding hydrogens is 366 g/mol. The van der Waals surface area contributed by atoms with E-state index in [9.17, 15) is 9.59 Å². The molecule has 2 amide bonds. The molecule has 4 rings (SSSR count). The van der Waals surface area contributed by atoms with Crippen LogP contribution in [0.4, 0.5) is 0 Å². The van der Waals surface area contributed by atoms with Crippen molar-refractivity contribution in [3.63, 3.8) is 0 Å². The monoisotopic (exact) mass is 391 g/mol. The first-order chi connectivity index (χ1) is 14.0. The highest BCUT2D eigenvalue weighted by Gasteiger charge is 2.36. The first kappa shape index (κ1) is 19.1. The second-order valence-corrected chi connectivity index (χ2v) is 7.35. The molecule has 2 aromatic carbocycles. The van der Waals surface area contributed by atoms with Crippen LogP contribution in [-0.2, 0) is 16.0 Å². The van der Waals surface area contributed by atoms with Crippen LogP contribution in [0, 0.1) is 6.92 Å². The van der Waals surface area contributed by atoms with Gasteiger partial charge in [0.25, 0.3) is 0 Å². The van der Waals surface area contributed by atoms with Crippen LogP contribution in [0.25, 0.3) is 10.9 Å². The van der Waals surface area contributed by atoms with Crippen molar-refractivity contribution in [2.45, 2.75) is 26.3 Å². The summed E-state index contributed by atoms with van der Waals surface area (Å²) in [4.78, 5) is 30.4. The molecule has 0 bridgehead atoms. The number of aromatic nitrogens is 1. The Balaban J connectivity index is 1.84. The Bertz CT molecular complexity index is 1070. The molecule has 0 saturated heterocycles. The van der Waals surface area contributed by atoms with Gasteiger partial charge in [0.05, 0.1) is 13.2 Å². The molecule has 0 radical (unpaired) electrons. The lowest BCUT2D eigenvalue weighted by atomic mass is 9.92. The number of aryl methyl sites for hydroxylation is 1. The van der Waals surface area contributed by atoms with E-state index in [0.29, 0.717) is 19.5 Å². The van der Waals surface area contributed by atoms with E-state index >= 15 is 0 Å². The predicted octanol–water partition coefficient (Wildman–Crippen LogP) is 3.10. The van der Waals surface area contributed by atoms with Crippen molar-refractivity contribution >= 4 is 22.7 Å². The summed E-state index contributed by atoms with van der Waals surface area (Å²) in [7, 11) is 1.62. The molecule has 1 aromatic heterocycles. The highest BCUT2D eigenvalue weighted by atomic mass is 16.5. The van der Waals surface area contributed by atoms with Crippen LogP contribution >= 0.6 is 0 Å². The number of carbonyl (C=O) groups excluding carboxylic acids is 2. The second-order valence-electron chi connectivity index (χ2n) is 7.35. The van der Waals surface area contributed by atoms with Crippen molar-refractivity contribution in [1.29, 1.82) is 0 Å². The largest absolute Gasteiger partial charge is 0.497 e. The normalized spacial score (nSPS) is 15.8. The second kappa shape index (κ2) is 7.62. The third-order valence-electron chi connectivity index (χ3n) is 5.51. The van der Waals surface area contributed by atoms with E-state index in [1.165, 1.54) is 16.5 Å². The highest BCUT2D eigenvalue weighted by Crippen LogP contribution is 2.39. The van der Waals surface area contributed by atoms with Crippen LogP contribution in [0.2, 0.25) is 0 Å². The number of aromatic amines is 1. The number of benzene rings is 2. The fourth-order valence-electron chi connectivity index (χ4n) is 4.12. The number of nitrogens with one attached hydrogen (secondary N) is 2. The fraction of sp³-hybridized carbons (Fsp3) is 0.304. The Hall–Kier alpha value is -3.28. The van der Waals surface area contributed by atoms with E-state index in [1.54, 1.807) is 18.9 Å². The molecule has 0 spiro atoms. The number of hydrogen-bond acceptors (Lipinski definition) is 3. The molecule has 6 nitrogen and oxygen atoms in total. The van der Waals surface area contributed by atoms with Gasteiger partial charge in [0, 0.05) is 29.7 Å². The molecule has 3 aromatic rings. The summed E-state index contributed by atoms with van der Waals surface area (Å²) < 4.78 is 5.28. The number of rotatable bonds is 3. The van der Waals surface area contributed by atoms with E-state index in [4.69, 9.17) is 4.74 Å². The Morgan fingerprint density at radius 2 is 1.97 bits per heavy atom. The fourth-order valence-corrected chi connectivity index (χ4v) is 4.12. The van der Waals surface area contributed by atoms with Crippen molar-refractivity contribution in [2.24, 2.45) is 0 Å². The van der Waals surface area contributed by atoms with Gasteiger partial charge >= 0.3 is 11.8 Å². The third-order valence-corrected chi connectivity index (χ3v) is 5.51. The quantitative estimate of drug-likeness (QED) is 0.674. The Kier molecular flexibility index (Phi) is 5.01. The molecule has 0 saturated carbocycles. The van der Waals surface area contributed by atoms with E-state index in [2.05, 4.69) is 35.4 Å². The Morgan fingerprint density at radius 1 is 1.21 bits per heavy atom. The van der Waals surface area contributed by atoms with Gasteiger partial charge in [-0.2, -0.15) is 0 Å². The van der Waals surface area contributed by atoms with Crippen molar-refractivity contribution in [1.82, 2.24) is 15.2 Å². The minimum Gasteiger partial charge on any atom is -0.497 e. The number of likely N-dealkylation sites (N-methyl/N-ethyl adjacent to an activating group) is 1. The van der Waals surface area contributed by atoms with Gasteiger partial charge < -0.3 is 19.9 Å². The van der Waals surface area contributed by atoms with Gasteiger partial charge in [0.2, 0.25) is 0 Å². The van der Waals surface area contributed by atoms with Crippen LogP contribution in [0.5, 0.6) is 5.75 Å². The first-order valence-corrected chi connectivity index (χ1v) is 9.87. The predicted molar refractivity (Wildman–Crippen MR) is 112 cm³/mol. The zero-order chi connectivity index (χ0) is 20.5. The van der Waals surface area contributed by atoms with Crippen molar-refractivity contribution in [2.75, 3.05) is 20.2 Å². The molecule has 2 N–H and O–H groups in total. The average Bonchev–Trinajstić information content (AvgIpc) is 3.10. The lowest BCUT2D eigenvalue weighted by Gasteiger charge is -2.35. The Labute approximate surface area is 169 Å². The molecule has 150 valence electrons. The summed E-state index contributed by atoms with van der Waals surface area (Å²) in [6, 6.07) is 13.6. The van der Waals surface area contributed by atoms with Gasteiger partial charge in [-0.05, 0) is 55.7 Å². The number of amides is 2. The molecule has 0 aliphatic carbocycles. The SMILES string of the molecule is CCNC(=O)C(=O)N1CCc2c([nH]c3ccc(C)cc23)C1c1ccc(OC)cc1. The summed E-state index contributed by atoms with van der Waals surface area (Å²) in [6.07, 6.45) is 0.705. The maximum Gasteiger partial charge on any atom is 0.312 e. The molecule has 29 heavy (non-hydrogen) atoms. The number of fused-ring (bicyclic) bond motifs is 3. The van der Waals surface area contributed by atoms with Crippen molar-refractivity contribution in [3.05, 3.63) is 64.8 Å². The summed E-state index contributed by atoms with van der Waals surface area (Å²) in [6.45, 7) is 4.79. The zero-order valence-electron chi connectivity index (χ0n) is 16.9. The van der Waals surface area contributed by atoms with Crippen molar-refractivity contribution in [3.8, 4) is 5.75 Å². The van der Waals surface area contributed by atoms with E-state index in [0.717, 1.165) is 22.5 Å². The number of H-pyrrole nitrogens is 1. The number of ether oxygens (including phenoxy) is 1. The molecular formula is C23H25N3O3. The molecule has 0 fully saturated rings. The van der Waals surface area contributed by atoms with E-state index in [-0.39, 0.29) is 6.04 Å². The van der Waals surface area contributed by atoms with Crippen LogP contribution in [0.1, 0.15) is 35.3 Å². The topological polar surface area (TPSA) is 74.4 Å². The standard InChI is InChI=1S/C23H25N3O3/c1-4-24-22(27)23(28)26-12-11-17-18-13-14(2)5-10-19(18)25-20(17)21(26)15-6-8-16(29-3)9-7-15/h5-10,13,21,25H,4,11-12H2,1-3H3,(H,24,27). The number of hydrogen-bond donors (Lipinski definition) is 2. The maximum absolute atomic E-state index is 12.9. The molecule has 1 aliphatic heterocycles. The van der Waals surface area contributed by atoms with Gasteiger partial charge in [-0.3, -0.25) is 9.59 Å². The van der Waals surface area contributed by atoms with Crippen molar-refractivity contribution < 1.29 is 14.3 Å². The molecule has 1 atom stereocenters. The average molecular weight is 391 g/mol. The van der Waals surface area contributed by atoms with Crippen LogP contribution in [0.15, 0.2) is 42.5 Å². The summed E-state index contributed by atoms with van der Waals surface area (Å²) in [5.41, 5.74) is 5.37. The molecule has 2 heterocycles. The molecule has 1 aliphatic rings. The summed E-state index contributed by atoms with van der Waals surface area (Å²) >= 11 is 0. The van der Waals surface area contributed by atoms with Crippen LogP contribution in [-0.4, -0.2) is 41.9 Å². The summed E-state index contributed by atoms with van der Waals surface area (Å²) in [5, 5.41) is 3.81. The van der Waals surface area contributed by atoms with Crippen LogP contribution < -0.4 is 10.1 Å². The van der Waals surface area contributed by atoms with Crippen LogP contribution in [0.3, 0.4) is 0 Å². The van der Waals surface area contributed by atoms with Gasteiger partial charge in [-0.25, -0.2) is 0 Å². The van der Waals surface area contributed by atoms with Gasteiger partial charge in [0.1, 0.15) is 5.75 Å². The van der Waals surface area contributed by atoms with Gasteiger partial charge in [-0.1, -0.05) is 23.8 Å². The number of methoxy groups -OCH3 is 1. The highest BCUT2D eigenvalue weighted by molar-refractivity contribution is 6.35. The van der Waals surface area contributed by atoms with Gasteiger partial charge in [-0.15, -0.1) is 0 Å². The smallest absolute Gasteiger partial charge is 0.312 e.